The van der Waals surface area contributed by atoms with Crippen molar-refractivity contribution in [3.05, 3.63) is 0 Å². The fourth-order valence-electron chi connectivity index (χ4n) is 3.23. The first-order chi connectivity index (χ1) is 9.70. The van der Waals surface area contributed by atoms with Gasteiger partial charge in [0.15, 0.2) is 0 Å². The number of nitrogens with one attached hydrogen (secondary N) is 1. The highest BCUT2D eigenvalue weighted by atomic mass is 16.6. The predicted octanol–water partition coefficient (Wildman–Crippen LogP) is 1.75. The van der Waals surface area contributed by atoms with Crippen LogP contribution < -0.4 is 5.32 Å². The molecule has 0 radical (unpaired) electrons. The Bertz CT molecular complexity index is 303. The molecule has 1 saturated carbocycles. The molecule has 116 valence electrons. The zero-order valence-electron chi connectivity index (χ0n) is 12.5. The summed E-state index contributed by atoms with van der Waals surface area (Å²) in [6.07, 6.45) is 6.12. The fourth-order valence-corrected chi connectivity index (χ4v) is 3.23. The third-order valence-electron chi connectivity index (χ3n) is 4.56. The molecule has 5 heteroatoms. The average Bonchev–Trinajstić information content (AvgIpc) is 2.47. The van der Waals surface area contributed by atoms with Crippen LogP contribution in [0.1, 0.15) is 45.4 Å². The molecule has 0 bridgehead atoms. The molecule has 2 N–H and O–H groups in total. The molecule has 1 aliphatic heterocycles. The zero-order chi connectivity index (χ0) is 14.4. The van der Waals surface area contributed by atoms with Crippen molar-refractivity contribution in [1.29, 1.82) is 0 Å². The first-order valence-corrected chi connectivity index (χ1v) is 8.04. The first kappa shape index (κ1) is 15.6. The summed E-state index contributed by atoms with van der Waals surface area (Å²) < 4.78 is 5.02. The summed E-state index contributed by atoms with van der Waals surface area (Å²) in [5.74, 6) is 0.409. The van der Waals surface area contributed by atoms with Crippen LogP contribution in [0, 0.1) is 5.92 Å². The number of rotatable bonds is 4. The van der Waals surface area contributed by atoms with E-state index in [0.29, 0.717) is 18.6 Å². The number of hydrogen-bond acceptors (Lipinski definition) is 4. The smallest absolute Gasteiger partial charge is 0.409 e. The molecule has 2 fully saturated rings. The van der Waals surface area contributed by atoms with Gasteiger partial charge in [0.1, 0.15) is 0 Å². The van der Waals surface area contributed by atoms with E-state index in [1.165, 1.54) is 6.42 Å². The maximum Gasteiger partial charge on any atom is 0.409 e. The number of aliphatic hydroxyl groups excluding tert-OH is 1. The van der Waals surface area contributed by atoms with Gasteiger partial charge in [-0.05, 0) is 38.5 Å². The highest BCUT2D eigenvalue weighted by Crippen LogP contribution is 2.24. The number of carbonyl (C=O) groups excluding carboxylic acids is 1. The molecule has 2 rings (SSSR count). The van der Waals surface area contributed by atoms with Crippen LogP contribution in [0.2, 0.25) is 0 Å². The Labute approximate surface area is 121 Å². The molecule has 1 heterocycles. The van der Waals surface area contributed by atoms with Crippen LogP contribution in [0.15, 0.2) is 0 Å². The lowest BCUT2D eigenvalue weighted by Gasteiger charge is -2.34. The minimum absolute atomic E-state index is 0.129. The van der Waals surface area contributed by atoms with Gasteiger partial charge in [-0.25, -0.2) is 4.79 Å². The maximum atomic E-state index is 11.6. The van der Waals surface area contributed by atoms with Crippen molar-refractivity contribution in [3.63, 3.8) is 0 Å². The van der Waals surface area contributed by atoms with Crippen molar-refractivity contribution < 1.29 is 14.6 Å². The lowest BCUT2D eigenvalue weighted by atomic mass is 9.86. The van der Waals surface area contributed by atoms with Crippen LogP contribution in [0.5, 0.6) is 0 Å². The van der Waals surface area contributed by atoms with Crippen LogP contribution in [-0.2, 0) is 4.74 Å². The molecule has 0 aromatic heterocycles. The number of ether oxygens (including phenoxy) is 1. The maximum absolute atomic E-state index is 11.6. The lowest BCUT2D eigenvalue weighted by Crippen LogP contribution is -2.47. The molecule has 2 aliphatic rings. The average molecular weight is 284 g/mol. The minimum Gasteiger partial charge on any atom is -0.450 e. The Balaban J connectivity index is 1.65. The molecule has 1 saturated heterocycles. The fraction of sp³-hybridized carbons (Fsp3) is 0.933. The van der Waals surface area contributed by atoms with Crippen molar-refractivity contribution in [1.82, 2.24) is 10.2 Å². The van der Waals surface area contributed by atoms with Gasteiger partial charge in [-0.1, -0.05) is 12.8 Å². The van der Waals surface area contributed by atoms with E-state index in [2.05, 4.69) is 5.32 Å². The Morgan fingerprint density at radius 1 is 1.25 bits per heavy atom. The molecule has 1 amide bonds. The molecule has 2 atom stereocenters. The van der Waals surface area contributed by atoms with Gasteiger partial charge in [0.2, 0.25) is 0 Å². The third-order valence-corrected chi connectivity index (χ3v) is 4.56. The van der Waals surface area contributed by atoms with Crippen molar-refractivity contribution in [3.8, 4) is 0 Å². The van der Waals surface area contributed by atoms with E-state index in [1.54, 1.807) is 4.90 Å². The van der Waals surface area contributed by atoms with Crippen molar-refractivity contribution in [2.24, 2.45) is 5.92 Å². The number of amides is 1. The number of likely N-dealkylation sites (tertiary alicyclic amines) is 1. The highest BCUT2D eigenvalue weighted by Gasteiger charge is 2.26. The Morgan fingerprint density at radius 2 is 1.95 bits per heavy atom. The quantitative estimate of drug-likeness (QED) is 0.825. The summed E-state index contributed by atoms with van der Waals surface area (Å²) in [5.41, 5.74) is 0. The summed E-state index contributed by atoms with van der Waals surface area (Å²) in [4.78, 5) is 13.4. The number of hydrogen-bond donors (Lipinski definition) is 2. The SMILES string of the molecule is CCOC(=O)N1CCC(NCC2CCCCC2O)CC1. The van der Waals surface area contributed by atoms with Crippen molar-refractivity contribution >= 4 is 6.09 Å². The molecule has 0 aromatic rings. The Kier molecular flexibility index (Phi) is 6.10. The molecule has 5 nitrogen and oxygen atoms in total. The van der Waals surface area contributed by atoms with Crippen LogP contribution in [-0.4, -0.2) is 54.5 Å². The molecular formula is C15H28N2O3. The van der Waals surface area contributed by atoms with E-state index in [4.69, 9.17) is 4.74 Å². The van der Waals surface area contributed by atoms with Gasteiger partial charge in [-0.2, -0.15) is 0 Å². The van der Waals surface area contributed by atoms with Crippen LogP contribution >= 0.6 is 0 Å². The molecule has 20 heavy (non-hydrogen) atoms. The van der Waals surface area contributed by atoms with Crippen molar-refractivity contribution in [2.75, 3.05) is 26.2 Å². The molecule has 0 aromatic carbocycles. The van der Waals surface area contributed by atoms with Gasteiger partial charge in [-0.15, -0.1) is 0 Å². The molecule has 1 aliphatic carbocycles. The second kappa shape index (κ2) is 7.84. The van der Waals surface area contributed by atoms with Gasteiger partial charge in [0.05, 0.1) is 12.7 Å². The normalized spacial score (nSPS) is 28.4. The second-order valence-electron chi connectivity index (χ2n) is 5.98. The summed E-state index contributed by atoms with van der Waals surface area (Å²) in [7, 11) is 0. The van der Waals surface area contributed by atoms with Gasteiger partial charge in [-0.3, -0.25) is 0 Å². The van der Waals surface area contributed by atoms with Gasteiger partial charge in [0, 0.05) is 25.7 Å². The second-order valence-corrected chi connectivity index (χ2v) is 5.98. The molecule has 2 unspecified atom stereocenters. The number of piperidine rings is 1. The Hall–Kier alpha value is -0.810. The largest absolute Gasteiger partial charge is 0.450 e. The van der Waals surface area contributed by atoms with E-state index >= 15 is 0 Å². The van der Waals surface area contributed by atoms with Gasteiger partial charge >= 0.3 is 6.09 Å². The van der Waals surface area contributed by atoms with E-state index in [1.807, 2.05) is 6.92 Å². The summed E-state index contributed by atoms with van der Waals surface area (Å²) in [6.45, 7) is 4.72. The Morgan fingerprint density at radius 3 is 2.60 bits per heavy atom. The lowest BCUT2D eigenvalue weighted by molar-refractivity contribution is 0.0648. The third kappa shape index (κ3) is 4.35. The van der Waals surface area contributed by atoms with Gasteiger partial charge in [0.25, 0.3) is 0 Å². The van der Waals surface area contributed by atoms with E-state index in [9.17, 15) is 9.90 Å². The van der Waals surface area contributed by atoms with E-state index < -0.39 is 0 Å². The van der Waals surface area contributed by atoms with Gasteiger partial charge < -0.3 is 20.1 Å². The summed E-state index contributed by atoms with van der Waals surface area (Å²) in [6, 6.07) is 0.467. The molecule has 0 spiro atoms. The number of nitrogens with zero attached hydrogens (tertiary/aromatic N) is 1. The standard InChI is InChI=1S/C15H28N2O3/c1-2-20-15(19)17-9-7-13(8-10-17)16-11-12-5-3-4-6-14(12)18/h12-14,16,18H,2-11H2,1H3. The van der Waals surface area contributed by atoms with Crippen LogP contribution in [0.3, 0.4) is 0 Å². The zero-order valence-corrected chi connectivity index (χ0v) is 12.5. The van der Waals surface area contributed by atoms with E-state index in [0.717, 1.165) is 51.7 Å². The van der Waals surface area contributed by atoms with Crippen LogP contribution in [0.25, 0.3) is 0 Å². The topological polar surface area (TPSA) is 61.8 Å². The molecular weight excluding hydrogens is 256 g/mol. The number of aliphatic hydroxyl groups is 1. The highest BCUT2D eigenvalue weighted by molar-refractivity contribution is 5.67. The van der Waals surface area contributed by atoms with Crippen molar-refractivity contribution in [2.45, 2.75) is 57.6 Å². The summed E-state index contributed by atoms with van der Waals surface area (Å²) >= 11 is 0. The minimum atomic E-state index is -0.186. The summed E-state index contributed by atoms with van der Waals surface area (Å²) in [5, 5.41) is 13.5. The van der Waals surface area contributed by atoms with E-state index in [-0.39, 0.29) is 12.2 Å². The predicted molar refractivity (Wildman–Crippen MR) is 77.6 cm³/mol. The monoisotopic (exact) mass is 284 g/mol. The number of carbonyl (C=O) groups is 1. The first-order valence-electron chi connectivity index (χ1n) is 8.04. The van der Waals surface area contributed by atoms with Crippen LogP contribution in [0.4, 0.5) is 4.79 Å².